The number of carbonyl (C=O) groups is 1. The summed E-state index contributed by atoms with van der Waals surface area (Å²) in [6.45, 7) is 2.49. The molecule has 1 aromatic carbocycles. The highest BCUT2D eigenvalue weighted by atomic mass is 35.5. The quantitative estimate of drug-likeness (QED) is 0.761. The van der Waals surface area contributed by atoms with E-state index in [0.29, 0.717) is 22.9 Å². The van der Waals surface area contributed by atoms with Crippen LogP contribution in [0.4, 0.5) is 0 Å². The van der Waals surface area contributed by atoms with E-state index < -0.39 is 5.54 Å². The summed E-state index contributed by atoms with van der Waals surface area (Å²) < 4.78 is 5.62. The third-order valence-corrected chi connectivity index (χ3v) is 3.63. The molecule has 0 amide bonds. The third-order valence-electron chi connectivity index (χ3n) is 3.40. The minimum absolute atomic E-state index is 0.114. The second-order valence-electron chi connectivity index (χ2n) is 4.33. The minimum Gasteiger partial charge on any atom is -0.490 e. The van der Waals surface area contributed by atoms with E-state index in [9.17, 15) is 4.79 Å². The second kappa shape index (κ2) is 3.22. The summed E-state index contributed by atoms with van der Waals surface area (Å²) in [7, 11) is 0. The lowest BCUT2D eigenvalue weighted by Gasteiger charge is -2.23. The van der Waals surface area contributed by atoms with Gasteiger partial charge in [0.1, 0.15) is 17.9 Å². The molecule has 3 rings (SSSR count). The van der Waals surface area contributed by atoms with Crippen LogP contribution in [0.5, 0.6) is 5.75 Å². The Hall–Kier alpha value is -1.06. The molecule has 16 heavy (non-hydrogen) atoms. The first kappa shape index (κ1) is 10.1. The van der Waals surface area contributed by atoms with Crippen molar-refractivity contribution in [2.24, 2.45) is 0 Å². The fourth-order valence-corrected chi connectivity index (χ4v) is 2.56. The number of hydrogen-bond donors (Lipinski definition) is 1. The number of ether oxygens (including phenoxy) is 1. The van der Waals surface area contributed by atoms with Crippen molar-refractivity contribution >= 4 is 17.4 Å². The van der Waals surface area contributed by atoms with Crippen LogP contribution in [0.2, 0.25) is 5.02 Å². The SMILES string of the molecule is CC[C@@H]1N[C@]12COc1ccc(Cl)cc1C2=O. The van der Waals surface area contributed by atoms with Gasteiger partial charge in [-0.05, 0) is 24.6 Å². The Morgan fingerprint density at radius 3 is 3.12 bits per heavy atom. The van der Waals surface area contributed by atoms with Crippen LogP contribution in [-0.4, -0.2) is 24.0 Å². The normalized spacial score (nSPS) is 31.1. The van der Waals surface area contributed by atoms with E-state index in [0.717, 1.165) is 6.42 Å². The number of hydrogen-bond acceptors (Lipinski definition) is 3. The molecule has 1 aromatic rings. The molecule has 0 bridgehead atoms. The van der Waals surface area contributed by atoms with Crippen LogP contribution >= 0.6 is 11.6 Å². The molecule has 1 spiro atoms. The first-order chi connectivity index (χ1) is 7.67. The van der Waals surface area contributed by atoms with E-state index >= 15 is 0 Å². The van der Waals surface area contributed by atoms with Gasteiger partial charge in [-0.15, -0.1) is 0 Å². The van der Waals surface area contributed by atoms with Gasteiger partial charge in [-0.3, -0.25) is 10.1 Å². The molecule has 1 N–H and O–H groups in total. The van der Waals surface area contributed by atoms with E-state index in [1.807, 2.05) is 0 Å². The summed E-state index contributed by atoms with van der Waals surface area (Å²) in [5, 5.41) is 3.80. The van der Waals surface area contributed by atoms with Crippen LogP contribution in [0.3, 0.4) is 0 Å². The molecule has 2 heterocycles. The molecule has 3 nitrogen and oxygen atoms in total. The molecule has 1 fully saturated rings. The number of halogens is 1. The number of benzene rings is 1. The highest BCUT2D eigenvalue weighted by molar-refractivity contribution is 6.31. The Labute approximate surface area is 98.7 Å². The predicted octanol–water partition coefficient (Wildman–Crippen LogP) is 2.04. The lowest BCUT2D eigenvalue weighted by atomic mass is 9.91. The average Bonchev–Trinajstić information content (AvgIpc) is 3.00. The number of carbonyl (C=O) groups excluding carboxylic acids is 1. The van der Waals surface area contributed by atoms with E-state index in [1.165, 1.54) is 0 Å². The van der Waals surface area contributed by atoms with Crippen molar-refractivity contribution in [1.82, 2.24) is 5.32 Å². The first-order valence-corrected chi connectivity index (χ1v) is 5.80. The summed E-state index contributed by atoms with van der Waals surface area (Å²) >= 11 is 5.90. The van der Waals surface area contributed by atoms with Gasteiger partial charge in [0.05, 0.1) is 5.56 Å². The van der Waals surface area contributed by atoms with E-state index in [1.54, 1.807) is 18.2 Å². The van der Waals surface area contributed by atoms with Crippen molar-refractivity contribution < 1.29 is 9.53 Å². The maximum atomic E-state index is 12.3. The molecule has 0 aromatic heterocycles. The van der Waals surface area contributed by atoms with Gasteiger partial charge in [-0.1, -0.05) is 18.5 Å². The Morgan fingerprint density at radius 1 is 1.62 bits per heavy atom. The van der Waals surface area contributed by atoms with Gasteiger partial charge in [0, 0.05) is 11.1 Å². The number of fused-ring (bicyclic) bond motifs is 1. The highest BCUT2D eigenvalue weighted by Gasteiger charge is 2.61. The van der Waals surface area contributed by atoms with Crippen molar-refractivity contribution in [2.45, 2.75) is 24.9 Å². The Balaban J connectivity index is 2.02. The zero-order chi connectivity index (χ0) is 11.3. The molecule has 1 saturated heterocycles. The van der Waals surface area contributed by atoms with Crippen LogP contribution in [0.15, 0.2) is 18.2 Å². The highest BCUT2D eigenvalue weighted by Crippen LogP contribution is 2.40. The summed E-state index contributed by atoms with van der Waals surface area (Å²) in [5.74, 6) is 0.756. The van der Waals surface area contributed by atoms with Crippen LogP contribution in [-0.2, 0) is 0 Å². The van der Waals surface area contributed by atoms with Gasteiger partial charge >= 0.3 is 0 Å². The number of Topliss-reactive ketones (excluding diaryl/α,β-unsaturated/α-hetero) is 1. The van der Waals surface area contributed by atoms with Gasteiger partial charge in [-0.2, -0.15) is 0 Å². The molecule has 2 atom stereocenters. The average molecular weight is 238 g/mol. The zero-order valence-corrected chi connectivity index (χ0v) is 9.67. The van der Waals surface area contributed by atoms with Crippen LogP contribution < -0.4 is 10.1 Å². The standard InChI is InChI=1S/C12H12ClNO2/c1-2-10-12(14-10)6-16-9-4-3-7(13)5-8(9)11(12)15/h3-5,10,14H,2,6H2,1H3/t10-,12+/m0/s1. The van der Waals surface area contributed by atoms with Crippen molar-refractivity contribution in [3.8, 4) is 5.75 Å². The molecule has 0 radical (unpaired) electrons. The van der Waals surface area contributed by atoms with E-state index in [4.69, 9.17) is 16.3 Å². The fraction of sp³-hybridized carbons (Fsp3) is 0.417. The predicted molar refractivity (Wildman–Crippen MR) is 61.2 cm³/mol. The van der Waals surface area contributed by atoms with Gasteiger partial charge in [-0.25, -0.2) is 0 Å². The van der Waals surface area contributed by atoms with Gasteiger partial charge in [0.2, 0.25) is 0 Å². The van der Waals surface area contributed by atoms with E-state index in [-0.39, 0.29) is 11.8 Å². The Morgan fingerprint density at radius 2 is 2.44 bits per heavy atom. The molecular formula is C12H12ClNO2. The van der Waals surface area contributed by atoms with Gasteiger partial charge < -0.3 is 4.74 Å². The Kier molecular flexibility index (Phi) is 2.03. The molecule has 2 aliphatic rings. The maximum absolute atomic E-state index is 12.3. The zero-order valence-electron chi connectivity index (χ0n) is 8.92. The topological polar surface area (TPSA) is 48.2 Å². The van der Waals surface area contributed by atoms with Crippen molar-refractivity contribution in [3.05, 3.63) is 28.8 Å². The maximum Gasteiger partial charge on any atom is 0.191 e. The fourth-order valence-electron chi connectivity index (χ4n) is 2.39. The lowest BCUT2D eigenvalue weighted by molar-refractivity contribution is 0.0865. The van der Waals surface area contributed by atoms with Crippen LogP contribution in [0, 0.1) is 0 Å². The summed E-state index contributed by atoms with van der Waals surface area (Å²) in [4.78, 5) is 12.3. The van der Waals surface area contributed by atoms with Crippen molar-refractivity contribution in [2.75, 3.05) is 6.61 Å². The third kappa shape index (κ3) is 1.22. The monoisotopic (exact) mass is 237 g/mol. The lowest BCUT2D eigenvalue weighted by Crippen LogP contribution is -2.40. The summed E-state index contributed by atoms with van der Waals surface area (Å²) in [6.07, 6.45) is 0.936. The minimum atomic E-state index is -0.480. The van der Waals surface area contributed by atoms with Crippen molar-refractivity contribution in [3.63, 3.8) is 0 Å². The second-order valence-corrected chi connectivity index (χ2v) is 4.77. The van der Waals surface area contributed by atoms with Gasteiger partial charge in [0.15, 0.2) is 5.78 Å². The molecule has 0 aliphatic carbocycles. The number of nitrogens with one attached hydrogen (secondary N) is 1. The summed E-state index contributed by atoms with van der Waals surface area (Å²) in [6, 6.07) is 5.43. The molecule has 2 aliphatic heterocycles. The largest absolute Gasteiger partial charge is 0.490 e. The molecule has 84 valence electrons. The number of rotatable bonds is 1. The number of ketones is 1. The molecule has 4 heteroatoms. The van der Waals surface area contributed by atoms with E-state index in [2.05, 4.69) is 12.2 Å². The summed E-state index contributed by atoms with van der Waals surface area (Å²) in [5.41, 5.74) is 0.120. The smallest absolute Gasteiger partial charge is 0.191 e. The van der Waals surface area contributed by atoms with Crippen molar-refractivity contribution in [1.29, 1.82) is 0 Å². The molecule has 0 saturated carbocycles. The molecular weight excluding hydrogens is 226 g/mol. The first-order valence-electron chi connectivity index (χ1n) is 5.42. The van der Waals surface area contributed by atoms with Crippen LogP contribution in [0.25, 0.3) is 0 Å². The Bertz CT molecular complexity index is 474. The van der Waals surface area contributed by atoms with Gasteiger partial charge in [0.25, 0.3) is 0 Å². The van der Waals surface area contributed by atoms with Crippen LogP contribution in [0.1, 0.15) is 23.7 Å². The molecule has 0 unspecified atom stereocenters.